The van der Waals surface area contributed by atoms with E-state index in [1.807, 2.05) is 24.3 Å². The van der Waals surface area contributed by atoms with Crippen molar-refractivity contribution in [2.45, 2.75) is 35.4 Å². The van der Waals surface area contributed by atoms with Gasteiger partial charge in [0.25, 0.3) is 0 Å². The molecule has 3 aliphatic heterocycles. The molecule has 10 heteroatoms. The van der Waals surface area contributed by atoms with Crippen LogP contribution in [0.1, 0.15) is 30.9 Å². The normalized spacial score (nSPS) is 16.2. The molecule has 0 radical (unpaired) electrons. The number of benzene rings is 2. The molecule has 0 spiro atoms. The van der Waals surface area contributed by atoms with E-state index in [-0.39, 0.29) is 12.8 Å². The highest BCUT2D eigenvalue weighted by molar-refractivity contribution is 9.10. The average Bonchev–Trinajstić information content (AvgIpc) is 3.39. The van der Waals surface area contributed by atoms with E-state index in [4.69, 9.17) is 36.8 Å². The van der Waals surface area contributed by atoms with Crippen LogP contribution in [0.2, 0.25) is 5.02 Å². The summed E-state index contributed by atoms with van der Waals surface area (Å²) in [6, 6.07) is 11.9. The first-order valence-electron chi connectivity index (χ1n) is 10.6. The van der Waals surface area contributed by atoms with Gasteiger partial charge in [-0.1, -0.05) is 30.2 Å². The molecular formula is C23H19BrClN5O2S. The molecule has 0 saturated heterocycles. The third kappa shape index (κ3) is 3.82. The molecule has 2 aromatic carbocycles. The molecule has 2 aromatic rings. The van der Waals surface area contributed by atoms with Crippen LogP contribution < -0.4 is 15.2 Å². The Balaban J connectivity index is 1.41. The van der Waals surface area contributed by atoms with Crippen molar-refractivity contribution in [3.8, 4) is 23.0 Å². The molecule has 0 amide bonds. The van der Waals surface area contributed by atoms with Crippen LogP contribution in [0.15, 0.2) is 57.3 Å². The first-order chi connectivity index (χ1) is 16.1. The smallest absolute Gasteiger partial charge is 0.231 e. The zero-order valence-electron chi connectivity index (χ0n) is 17.4. The average molecular weight is 545 g/mol. The highest BCUT2D eigenvalue weighted by Gasteiger charge is 2.33. The highest BCUT2D eigenvalue weighted by Crippen LogP contribution is 2.45. The fraction of sp³-hybridized carbons (Fsp3) is 0.261. The first kappa shape index (κ1) is 21.1. The third-order valence-corrected chi connectivity index (χ3v) is 8.26. The molecule has 33 heavy (non-hydrogen) atoms. The fourth-order valence-electron chi connectivity index (χ4n) is 4.31. The molecule has 2 N–H and O–H groups in total. The SMILES string of the molecule is Nc1ncn(C(c2ccc(Cl)cc2)C2CCC2)c2nc(Sc3cc4c(cc3Br)OCO4)nc1-2. The lowest BCUT2D eigenvalue weighted by Crippen LogP contribution is -2.28. The van der Waals surface area contributed by atoms with E-state index in [0.29, 0.717) is 28.3 Å². The van der Waals surface area contributed by atoms with Crippen LogP contribution in [0.25, 0.3) is 11.5 Å². The number of ether oxygens (including phenoxy) is 2. The summed E-state index contributed by atoms with van der Waals surface area (Å²) in [6.07, 6.45) is 5.33. The molecule has 1 saturated carbocycles. The number of anilines is 1. The Hall–Kier alpha value is -2.49. The van der Waals surface area contributed by atoms with Crippen LogP contribution in [0.5, 0.6) is 11.5 Å². The van der Waals surface area contributed by atoms with Gasteiger partial charge in [0.2, 0.25) is 6.79 Å². The second-order valence-electron chi connectivity index (χ2n) is 8.14. The first-order valence-corrected chi connectivity index (χ1v) is 12.6. The van der Waals surface area contributed by atoms with Crippen molar-refractivity contribution in [1.82, 2.24) is 19.5 Å². The Kier molecular flexibility index (Phi) is 5.35. The number of hydrogen-bond acceptors (Lipinski definition) is 7. The van der Waals surface area contributed by atoms with Crippen LogP contribution in [-0.4, -0.2) is 26.3 Å². The van der Waals surface area contributed by atoms with Gasteiger partial charge in [-0.3, -0.25) is 0 Å². The quantitative estimate of drug-likeness (QED) is 0.327. The van der Waals surface area contributed by atoms with Crippen molar-refractivity contribution >= 4 is 45.1 Å². The minimum atomic E-state index is 0.0958. The van der Waals surface area contributed by atoms with Crippen LogP contribution >= 0.6 is 39.3 Å². The molecule has 1 unspecified atom stereocenters. The predicted octanol–water partition coefficient (Wildman–Crippen LogP) is 6.05. The monoisotopic (exact) mass is 543 g/mol. The van der Waals surface area contributed by atoms with E-state index < -0.39 is 0 Å². The Morgan fingerprint density at radius 2 is 1.88 bits per heavy atom. The maximum absolute atomic E-state index is 6.22. The van der Waals surface area contributed by atoms with E-state index in [9.17, 15) is 0 Å². The lowest BCUT2D eigenvalue weighted by Gasteiger charge is -2.36. The largest absolute Gasteiger partial charge is 0.454 e. The molecule has 0 bridgehead atoms. The number of halogens is 2. The number of nitrogens with zero attached hydrogens (tertiary/aromatic N) is 4. The number of imidazole rings is 1. The molecule has 1 aliphatic carbocycles. The number of nitrogens with two attached hydrogens (primary N) is 1. The van der Waals surface area contributed by atoms with Gasteiger partial charge in [-0.2, -0.15) is 0 Å². The molecule has 0 aromatic heterocycles. The summed E-state index contributed by atoms with van der Waals surface area (Å²) >= 11 is 11.2. The Labute approximate surface area is 208 Å². The van der Waals surface area contributed by atoms with E-state index in [1.165, 1.54) is 23.7 Å². The van der Waals surface area contributed by atoms with Gasteiger partial charge >= 0.3 is 0 Å². The van der Waals surface area contributed by atoms with Gasteiger partial charge in [-0.15, -0.1) is 0 Å². The molecule has 4 aliphatic rings. The Morgan fingerprint density at radius 1 is 1.12 bits per heavy atom. The zero-order valence-corrected chi connectivity index (χ0v) is 20.5. The van der Waals surface area contributed by atoms with Crippen LogP contribution in [0.3, 0.4) is 0 Å². The van der Waals surface area contributed by atoms with Crippen LogP contribution in [0.4, 0.5) is 5.82 Å². The molecule has 1 atom stereocenters. The zero-order chi connectivity index (χ0) is 22.5. The summed E-state index contributed by atoms with van der Waals surface area (Å²) in [5.74, 6) is 3.03. The number of hydrogen-bond donors (Lipinski definition) is 1. The summed E-state index contributed by atoms with van der Waals surface area (Å²) in [6.45, 7) is 0.224. The van der Waals surface area contributed by atoms with Gasteiger partial charge in [-0.25, -0.2) is 15.0 Å². The van der Waals surface area contributed by atoms with E-state index in [1.54, 1.807) is 6.33 Å². The lowest BCUT2D eigenvalue weighted by atomic mass is 9.77. The lowest BCUT2D eigenvalue weighted by molar-refractivity contribution is 0.174. The van der Waals surface area contributed by atoms with Crippen molar-refractivity contribution < 1.29 is 9.47 Å². The summed E-state index contributed by atoms with van der Waals surface area (Å²) in [5.41, 5.74) is 8.00. The summed E-state index contributed by atoms with van der Waals surface area (Å²) < 4.78 is 14.0. The van der Waals surface area contributed by atoms with Crippen LogP contribution in [-0.2, 0) is 0 Å². The minimum absolute atomic E-state index is 0.0958. The molecular weight excluding hydrogens is 526 g/mol. The van der Waals surface area contributed by atoms with Crippen molar-refractivity contribution in [2.24, 2.45) is 5.92 Å². The van der Waals surface area contributed by atoms with Gasteiger partial charge in [-0.05, 0) is 76.3 Å². The summed E-state index contributed by atoms with van der Waals surface area (Å²) in [4.78, 5) is 15.0. The van der Waals surface area contributed by atoms with Crippen molar-refractivity contribution in [3.63, 3.8) is 0 Å². The van der Waals surface area contributed by atoms with E-state index in [0.717, 1.165) is 38.8 Å². The second kappa shape index (κ2) is 8.38. The van der Waals surface area contributed by atoms with Gasteiger partial charge in [0, 0.05) is 14.4 Å². The highest BCUT2D eigenvalue weighted by atomic mass is 79.9. The third-order valence-electron chi connectivity index (χ3n) is 6.17. The Morgan fingerprint density at radius 3 is 2.61 bits per heavy atom. The van der Waals surface area contributed by atoms with Gasteiger partial charge in [0.05, 0.1) is 12.4 Å². The number of fused-ring (bicyclic) bond motifs is 2. The van der Waals surface area contributed by atoms with Crippen LogP contribution in [0, 0.1) is 5.92 Å². The van der Waals surface area contributed by atoms with Crippen molar-refractivity contribution in [3.05, 3.63) is 57.8 Å². The molecule has 3 heterocycles. The van der Waals surface area contributed by atoms with Gasteiger partial charge in [0.1, 0.15) is 0 Å². The number of nitrogen functional groups attached to an aromatic ring is 1. The maximum atomic E-state index is 6.22. The molecule has 6 rings (SSSR count). The summed E-state index contributed by atoms with van der Waals surface area (Å²) in [5, 5.41) is 1.32. The van der Waals surface area contributed by atoms with Crippen molar-refractivity contribution in [2.75, 3.05) is 12.5 Å². The fourth-order valence-corrected chi connectivity index (χ4v) is 5.79. The van der Waals surface area contributed by atoms with Gasteiger partial charge in [0.15, 0.2) is 34.0 Å². The molecule has 168 valence electrons. The van der Waals surface area contributed by atoms with E-state index >= 15 is 0 Å². The summed E-state index contributed by atoms with van der Waals surface area (Å²) in [7, 11) is 0. The van der Waals surface area contributed by atoms with Gasteiger partial charge < -0.3 is 19.8 Å². The molecule has 1 fully saturated rings. The maximum Gasteiger partial charge on any atom is 0.231 e. The second-order valence-corrected chi connectivity index (χ2v) is 10.4. The van der Waals surface area contributed by atoms with Crippen molar-refractivity contribution in [1.29, 1.82) is 0 Å². The standard InChI is InChI=1S/C23H19BrClN5O2S/c24-15-8-16-17(32-11-31-16)9-18(15)33-23-28-19-21(26)27-10-30(22(19)29-23)20(12-2-1-3-12)13-4-6-14(25)7-5-13/h4-10,12,20H,1-3,11,26H2. The minimum Gasteiger partial charge on any atom is -0.454 e. The number of rotatable bonds is 5. The van der Waals surface area contributed by atoms with E-state index in [2.05, 4.69) is 37.6 Å². The molecule has 7 nitrogen and oxygen atoms in total. The predicted molar refractivity (Wildman–Crippen MR) is 130 cm³/mol. The number of aromatic nitrogens is 4. The topological polar surface area (TPSA) is 88.1 Å². The Bertz CT molecular complexity index is 1310.